The molecule has 2 rings (SSSR count). The van der Waals surface area contributed by atoms with Crippen LogP contribution in [0.4, 0.5) is 0 Å². The molecule has 1 fully saturated rings. The SMILES string of the molecule is NCc1ncccc1OCC1CCOC1. The lowest BCUT2D eigenvalue weighted by atomic mass is 10.1. The van der Waals surface area contributed by atoms with Crippen molar-refractivity contribution in [3.8, 4) is 5.75 Å². The van der Waals surface area contributed by atoms with E-state index >= 15 is 0 Å². The van der Waals surface area contributed by atoms with Gasteiger partial charge < -0.3 is 15.2 Å². The Labute approximate surface area is 89.4 Å². The number of aromatic nitrogens is 1. The Morgan fingerprint density at radius 2 is 2.53 bits per heavy atom. The van der Waals surface area contributed by atoms with Gasteiger partial charge in [0.1, 0.15) is 5.75 Å². The van der Waals surface area contributed by atoms with E-state index in [4.69, 9.17) is 15.2 Å². The highest BCUT2D eigenvalue weighted by Gasteiger charge is 2.16. The van der Waals surface area contributed by atoms with Gasteiger partial charge in [-0.25, -0.2) is 0 Å². The van der Waals surface area contributed by atoms with Gasteiger partial charge in [0, 0.05) is 25.3 Å². The van der Waals surface area contributed by atoms with Crippen LogP contribution in [-0.4, -0.2) is 24.8 Å². The summed E-state index contributed by atoms with van der Waals surface area (Å²) < 4.78 is 11.0. The van der Waals surface area contributed by atoms with Gasteiger partial charge in [-0.2, -0.15) is 0 Å². The van der Waals surface area contributed by atoms with Gasteiger partial charge in [-0.05, 0) is 18.6 Å². The fraction of sp³-hybridized carbons (Fsp3) is 0.545. The molecule has 15 heavy (non-hydrogen) atoms. The molecule has 0 radical (unpaired) electrons. The molecule has 4 heteroatoms. The van der Waals surface area contributed by atoms with E-state index in [0.29, 0.717) is 19.1 Å². The summed E-state index contributed by atoms with van der Waals surface area (Å²) >= 11 is 0. The van der Waals surface area contributed by atoms with Crippen LogP contribution in [0.5, 0.6) is 5.75 Å². The molecular weight excluding hydrogens is 192 g/mol. The molecule has 82 valence electrons. The number of rotatable bonds is 4. The predicted molar refractivity (Wildman–Crippen MR) is 56.5 cm³/mol. The number of nitrogens with zero attached hydrogens (tertiary/aromatic N) is 1. The van der Waals surface area contributed by atoms with Crippen molar-refractivity contribution in [3.63, 3.8) is 0 Å². The summed E-state index contributed by atoms with van der Waals surface area (Å²) in [6, 6.07) is 3.77. The van der Waals surface area contributed by atoms with E-state index in [0.717, 1.165) is 31.1 Å². The monoisotopic (exact) mass is 208 g/mol. The minimum absolute atomic E-state index is 0.414. The highest BCUT2D eigenvalue weighted by Crippen LogP contribution is 2.18. The van der Waals surface area contributed by atoms with Gasteiger partial charge in [-0.1, -0.05) is 0 Å². The maximum absolute atomic E-state index is 5.69. The van der Waals surface area contributed by atoms with Crippen molar-refractivity contribution >= 4 is 0 Å². The Morgan fingerprint density at radius 3 is 3.27 bits per heavy atom. The number of nitrogens with two attached hydrogens (primary N) is 1. The highest BCUT2D eigenvalue weighted by atomic mass is 16.5. The van der Waals surface area contributed by atoms with Crippen LogP contribution in [0, 0.1) is 5.92 Å². The second kappa shape index (κ2) is 5.09. The molecule has 1 aromatic heterocycles. The van der Waals surface area contributed by atoms with E-state index in [-0.39, 0.29) is 0 Å². The van der Waals surface area contributed by atoms with Gasteiger partial charge >= 0.3 is 0 Å². The molecule has 1 aromatic rings. The van der Waals surface area contributed by atoms with Crippen LogP contribution in [0.25, 0.3) is 0 Å². The molecule has 2 N–H and O–H groups in total. The summed E-state index contributed by atoms with van der Waals surface area (Å²) in [4.78, 5) is 4.16. The van der Waals surface area contributed by atoms with E-state index < -0.39 is 0 Å². The Morgan fingerprint density at radius 1 is 1.60 bits per heavy atom. The van der Waals surface area contributed by atoms with Crippen molar-refractivity contribution in [2.45, 2.75) is 13.0 Å². The lowest BCUT2D eigenvalue weighted by molar-refractivity contribution is 0.166. The van der Waals surface area contributed by atoms with Gasteiger partial charge in [0.25, 0.3) is 0 Å². The molecule has 1 unspecified atom stereocenters. The summed E-state index contributed by atoms with van der Waals surface area (Å²) in [5.41, 5.74) is 6.38. The Balaban J connectivity index is 1.91. The van der Waals surface area contributed by atoms with Gasteiger partial charge in [0.15, 0.2) is 0 Å². The molecule has 0 aliphatic carbocycles. The van der Waals surface area contributed by atoms with Crippen molar-refractivity contribution in [2.75, 3.05) is 19.8 Å². The van der Waals surface area contributed by atoms with Gasteiger partial charge in [-0.15, -0.1) is 0 Å². The first kappa shape index (κ1) is 10.4. The summed E-state index contributed by atoms with van der Waals surface area (Å²) in [7, 11) is 0. The zero-order valence-electron chi connectivity index (χ0n) is 8.69. The second-order valence-corrected chi connectivity index (χ2v) is 3.69. The minimum atomic E-state index is 0.414. The van der Waals surface area contributed by atoms with Crippen molar-refractivity contribution in [2.24, 2.45) is 11.7 Å². The van der Waals surface area contributed by atoms with Crippen LogP contribution < -0.4 is 10.5 Å². The largest absolute Gasteiger partial charge is 0.491 e. The fourth-order valence-electron chi connectivity index (χ4n) is 1.63. The highest BCUT2D eigenvalue weighted by molar-refractivity contribution is 5.26. The van der Waals surface area contributed by atoms with Gasteiger partial charge in [0.2, 0.25) is 0 Å². The first-order valence-corrected chi connectivity index (χ1v) is 5.24. The molecule has 1 aliphatic heterocycles. The van der Waals surface area contributed by atoms with Crippen LogP contribution in [0.1, 0.15) is 12.1 Å². The Kier molecular flexibility index (Phi) is 3.53. The van der Waals surface area contributed by atoms with E-state index in [1.54, 1.807) is 6.20 Å². The van der Waals surface area contributed by atoms with Crippen molar-refractivity contribution in [1.29, 1.82) is 0 Å². The van der Waals surface area contributed by atoms with Gasteiger partial charge in [-0.3, -0.25) is 4.98 Å². The zero-order valence-corrected chi connectivity index (χ0v) is 8.69. The molecule has 1 aliphatic rings. The summed E-state index contributed by atoms with van der Waals surface area (Å²) in [5, 5.41) is 0. The van der Waals surface area contributed by atoms with Crippen LogP contribution in [0.15, 0.2) is 18.3 Å². The fourth-order valence-corrected chi connectivity index (χ4v) is 1.63. The molecular formula is C11H16N2O2. The third kappa shape index (κ3) is 2.67. The van der Waals surface area contributed by atoms with Crippen molar-refractivity contribution in [1.82, 2.24) is 4.98 Å². The lowest BCUT2D eigenvalue weighted by Crippen LogP contribution is -2.13. The number of pyridine rings is 1. The maximum atomic E-state index is 5.69. The Hall–Kier alpha value is -1.13. The van der Waals surface area contributed by atoms with Crippen molar-refractivity contribution < 1.29 is 9.47 Å². The number of hydrogen-bond acceptors (Lipinski definition) is 4. The van der Waals surface area contributed by atoms with Crippen LogP contribution >= 0.6 is 0 Å². The molecule has 0 bridgehead atoms. The molecule has 0 saturated carbocycles. The number of hydrogen-bond donors (Lipinski definition) is 1. The standard InChI is InChI=1S/C11H16N2O2/c12-6-10-11(2-1-4-13-10)15-8-9-3-5-14-7-9/h1-2,4,9H,3,5-8,12H2. The van der Waals surface area contributed by atoms with E-state index in [9.17, 15) is 0 Å². The maximum Gasteiger partial charge on any atom is 0.142 e. The van der Waals surface area contributed by atoms with Crippen LogP contribution in [0.3, 0.4) is 0 Å². The number of ether oxygens (including phenoxy) is 2. The first-order valence-electron chi connectivity index (χ1n) is 5.24. The average molecular weight is 208 g/mol. The summed E-state index contributed by atoms with van der Waals surface area (Å²) in [6.07, 6.45) is 2.81. The summed E-state index contributed by atoms with van der Waals surface area (Å²) in [5.74, 6) is 1.31. The van der Waals surface area contributed by atoms with Gasteiger partial charge in [0.05, 0.1) is 18.9 Å². The van der Waals surface area contributed by atoms with Crippen molar-refractivity contribution in [3.05, 3.63) is 24.0 Å². The summed E-state index contributed by atoms with van der Waals surface area (Å²) in [6.45, 7) is 2.76. The zero-order chi connectivity index (χ0) is 10.5. The molecule has 2 heterocycles. The lowest BCUT2D eigenvalue weighted by Gasteiger charge is -2.12. The average Bonchev–Trinajstić information content (AvgIpc) is 2.79. The Bertz CT molecular complexity index is 311. The first-order chi connectivity index (χ1) is 7.40. The molecule has 1 atom stereocenters. The van der Waals surface area contributed by atoms with Crippen LogP contribution in [0.2, 0.25) is 0 Å². The normalized spacial score (nSPS) is 20.5. The quantitative estimate of drug-likeness (QED) is 0.800. The smallest absolute Gasteiger partial charge is 0.142 e. The third-order valence-corrected chi connectivity index (χ3v) is 2.54. The van der Waals surface area contributed by atoms with Crippen LogP contribution in [-0.2, 0) is 11.3 Å². The minimum Gasteiger partial charge on any atom is -0.491 e. The molecule has 0 aromatic carbocycles. The predicted octanol–water partition coefficient (Wildman–Crippen LogP) is 0.956. The van der Waals surface area contributed by atoms with E-state index in [1.807, 2.05) is 12.1 Å². The molecule has 4 nitrogen and oxygen atoms in total. The third-order valence-electron chi connectivity index (χ3n) is 2.54. The molecule has 1 saturated heterocycles. The topological polar surface area (TPSA) is 57.4 Å². The molecule has 0 amide bonds. The second-order valence-electron chi connectivity index (χ2n) is 3.69. The van der Waals surface area contributed by atoms with E-state index in [1.165, 1.54) is 0 Å². The van der Waals surface area contributed by atoms with E-state index in [2.05, 4.69) is 4.98 Å². The molecule has 0 spiro atoms.